The van der Waals surface area contributed by atoms with E-state index in [0.717, 1.165) is 25.7 Å². The lowest BCUT2D eigenvalue weighted by molar-refractivity contribution is 0.0214. The Morgan fingerprint density at radius 2 is 1.62 bits per heavy atom. The van der Waals surface area contributed by atoms with Crippen LogP contribution in [0.3, 0.4) is 0 Å². The fourth-order valence-electron chi connectivity index (χ4n) is 3.36. The van der Waals surface area contributed by atoms with Crippen molar-refractivity contribution in [3.8, 4) is 6.07 Å². The first-order valence-corrected chi connectivity index (χ1v) is 5.94. The van der Waals surface area contributed by atoms with Crippen LogP contribution in [0.2, 0.25) is 0 Å². The highest BCUT2D eigenvalue weighted by molar-refractivity contribution is 5.33. The molecule has 0 amide bonds. The minimum Gasteiger partial charge on any atom is -0.375 e. The molecule has 1 aromatic carbocycles. The number of fused-ring (bicyclic) bond motifs is 3. The van der Waals surface area contributed by atoms with E-state index in [1.807, 2.05) is 12.1 Å². The van der Waals surface area contributed by atoms with Gasteiger partial charge in [0.1, 0.15) is 0 Å². The maximum atomic E-state index is 10.5. The Bertz CT molecular complexity index is 427. The molecule has 0 aromatic heterocycles. The van der Waals surface area contributed by atoms with E-state index in [9.17, 15) is 10.4 Å². The van der Waals surface area contributed by atoms with Gasteiger partial charge in [0.2, 0.25) is 0 Å². The first kappa shape index (κ1) is 9.86. The number of hydrogen-bond donors (Lipinski definition) is 1. The minimum absolute atomic E-state index is 0.131. The molecule has 1 aromatic rings. The number of nitriles is 1. The molecular weight excluding hydrogens is 198 g/mol. The van der Waals surface area contributed by atoms with E-state index >= 15 is 0 Å². The summed E-state index contributed by atoms with van der Waals surface area (Å²) in [5.74, 6) is 0.261. The van der Waals surface area contributed by atoms with Gasteiger partial charge in [-0.05, 0) is 36.8 Å². The largest absolute Gasteiger partial charge is 0.375 e. The van der Waals surface area contributed by atoms with Crippen molar-refractivity contribution in [2.24, 2.45) is 11.8 Å². The normalized spacial score (nSPS) is 36.2. The molecule has 0 radical (unpaired) electrons. The number of rotatable bonds is 0. The van der Waals surface area contributed by atoms with Gasteiger partial charge in [0, 0.05) is 11.8 Å². The molecule has 0 saturated heterocycles. The highest BCUT2D eigenvalue weighted by Crippen LogP contribution is 2.46. The summed E-state index contributed by atoms with van der Waals surface area (Å²) in [6.07, 6.45) is 3.69. The van der Waals surface area contributed by atoms with E-state index in [-0.39, 0.29) is 11.8 Å². The van der Waals surface area contributed by atoms with Gasteiger partial charge in [-0.3, -0.25) is 0 Å². The Morgan fingerprint density at radius 1 is 1.12 bits per heavy atom. The average Bonchev–Trinajstić information content (AvgIpc) is 2.52. The van der Waals surface area contributed by atoms with Crippen molar-refractivity contribution in [1.82, 2.24) is 0 Å². The zero-order valence-electron chi connectivity index (χ0n) is 9.19. The Labute approximate surface area is 95.5 Å². The summed E-state index contributed by atoms with van der Waals surface area (Å²) in [6.45, 7) is 0. The van der Waals surface area contributed by atoms with E-state index in [4.69, 9.17) is 0 Å². The number of benzene rings is 1. The minimum atomic E-state index is -1.08. The van der Waals surface area contributed by atoms with E-state index in [2.05, 4.69) is 18.2 Å². The van der Waals surface area contributed by atoms with Crippen molar-refractivity contribution < 1.29 is 5.11 Å². The molecule has 3 rings (SSSR count). The summed E-state index contributed by atoms with van der Waals surface area (Å²) in [6, 6.07) is 10.5. The molecule has 2 heteroatoms. The molecule has 0 spiro atoms. The SMILES string of the molecule is N#CC1(O)C2CCC1Cc1ccccc1C2. The van der Waals surface area contributed by atoms with Crippen LogP contribution in [0.5, 0.6) is 0 Å². The van der Waals surface area contributed by atoms with Crippen LogP contribution in [0.4, 0.5) is 0 Å². The van der Waals surface area contributed by atoms with Crippen LogP contribution in [0.25, 0.3) is 0 Å². The Morgan fingerprint density at radius 3 is 2.06 bits per heavy atom. The van der Waals surface area contributed by atoms with Gasteiger partial charge in [-0.1, -0.05) is 24.3 Å². The van der Waals surface area contributed by atoms with Gasteiger partial charge < -0.3 is 5.11 Å². The standard InChI is InChI=1S/C14H15NO/c15-9-14(16)12-5-6-13(14)8-11-4-2-1-3-10(11)7-12/h1-4,12-13,16H,5-8H2. The van der Waals surface area contributed by atoms with Crippen molar-refractivity contribution in [3.05, 3.63) is 35.4 Å². The Hall–Kier alpha value is -1.33. The topological polar surface area (TPSA) is 44.0 Å². The van der Waals surface area contributed by atoms with Gasteiger partial charge in [-0.25, -0.2) is 0 Å². The Balaban J connectivity index is 2.07. The molecule has 1 fully saturated rings. The van der Waals surface area contributed by atoms with Gasteiger partial charge >= 0.3 is 0 Å². The van der Waals surface area contributed by atoms with Crippen LogP contribution in [0.1, 0.15) is 24.0 Å². The van der Waals surface area contributed by atoms with Crippen LogP contribution >= 0.6 is 0 Å². The molecule has 2 aliphatic carbocycles. The van der Waals surface area contributed by atoms with Crippen LogP contribution in [-0.4, -0.2) is 10.7 Å². The molecule has 2 bridgehead atoms. The lowest BCUT2D eigenvalue weighted by atomic mass is 9.84. The summed E-state index contributed by atoms with van der Waals surface area (Å²) in [7, 11) is 0. The second-order valence-electron chi connectivity index (χ2n) is 5.09. The first-order valence-electron chi connectivity index (χ1n) is 5.94. The van der Waals surface area contributed by atoms with Gasteiger partial charge in [-0.15, -0.1) is 0 Å². The lowest BCUT2D eigenvalue weighted by Crippen LogP contribution is -2.38. The number of nitrogens with zero attached hydrogens (tertiary/aromatic N) is 1. The zero-order chi connectivity index (χ0) is 11.2. The summed E-state index contributed by atoms with van der Waals surface area (Å²) in [5.41, 5.74) is 1.56. The number of aliphatic hydroxyl groups is 1. The maximum absolute atomic E-state index is 10.5. The molecule has 2 nitrogen and oxygen atoms in total. The number of hydrogen-bond acceptors (Lipinski definition) is 2. The van der Waals surface area contributed by atoms with Crippen molar-refractivity contribution in [2.45, 2.75) is 31.3 Å². The van der Waals surface area contributed by atoms with E-state index < -0.39 is 5.60 Å². The quantitative estimate of drug-likeness (QED) is 0.670. The van der Waals surface area contributed by atoms with Crippen molar-refractivity contribution in [3.63, 3.8) is 0 Å². The van der Waals surface area contributed by atoms with E-state index in [1.54, 1.807) is 0 Å². The summed E-state index contributed by atoms with van der Waals surface area (Å²) in [5, 5.41) is 19.7. The van der Waals surface area contributed by atoms with Crippen LogP contribution in [-0.2, 0) is 12.8 Å². The van der Waals surface area contributed by atoms with Gasteiger partial charge in [0.25, 0.3) is 0 Å². The molecule has 1 saturated carbocycles. The van der Waals surface area contributed by atoms with Crippen LogP contribution < -0.4 is 0 Å². The predicted molar refractivity (Wildman–Crippen MR) is 60.6 cm³/mol. The van der Waals surface area contributed by atoms with Gasteiger partial charge in [-0.2, -0.15) is 5.26 Å². The molecular formula is C14H15NO. The molecule has 2 unspecified atom stereocenters. The van der Waals surface area contributed by atoms with Crippen LogP contribution in [0.15, 0.2) is 24.3 Å². The molecule has 0 aliphatic heterocycles. The predicted octanol–water partition coefficient (Wildman–Crippen LogP) is 2.07. The molecule has 16 heavy (non-hydrogen) atoms. The second kappa shape index (κ2) is 3.33. The van der Waals surface area contributed by atoms with E-state index in [1.165, 1.54) is 11.1 Å². The highest BCUT2D eigenvalue weighted by Gasteiger charge is 2.50. The zero-order valence-corrected chi connectivity index (χ0v) is 9.19. The van der Waals surface area contributed by atoms with Crippen molar-refractivity contribution >= 4 is 0 Å². The maximum Gasteiger partial charge on any atom is 0.157 e. The monoisotopic (exact) mass is 213 g/mol. The molecule has 2 aliphatic rings. The third kappa shape index (κ3) is 1.22. The fraction of sp³-hybridized carbons (Fsp3) is 0.500. The molecule has 0 heterocycles. The summed E-state index contributed by atoms with van der Waals surface area (Å²) >= 11 is 0. The smallest absolute Gasteiger partial charge is 0.157 e. The summed E-state index contributed by atoms with van der Waals surface area (Å²) in [4.78, 5) is 0. The third-order valence-corrected chi connectivity index (χ3v) is 4.34. The third-order valence-electron chi connectivity index (χ3n) is 4.34. The van der Waals surface area contributed by atoms with Gasteiger partial charge in [0.05, 0.1) is 6.07 Å². The first-order chi connectivity index (χ1) is 7.74. The molecule has 1 N–H and O–H groups in total. The van der Waals surface area contributed by atoms with E-state index in [0.29, 0.717) is 0 Å². The molecule has 2 atom stereocenters. The van der Waals surface area contributed by atoms with Gasteiger partial charge in [0.15, 0.2) is 5.60 Å². The fourth-order valence-corrected chi connectivity index (χ4v) is 3.36. The summed E-state index contributed by atoms with van der Waals surface area (Å²) < 4.78 is 0. The highest BCUT2D eigenvalue weighted by atomic mass is 16.3. The molecule has 82 valence electrons. The Kier molecular flexibility index (Phi) is 2.05. The van der Waals surface area contributed by atoms with Crippen molar-refractivity contribution in [2.75, 3.05) is 0 Å². The van der Waals surface area contributed by atoms with Crippen LogP contribution in [0, 0.1) is 23.2 Å². The second-order valence-corrected chi connectivity index (χ2v) is 5.09. The van der Waals surface area contributed by atoms with Crippen molar-refractivity contribution in [1.29, 1.82) is 5.26 Å². The average molecular weight is 213 g/mol. The lowest BCUT2D eigenvalue weighted by Gasteiger charge is -2.25.